The minimum Gasteiger partial charge on any atom is -0.284 e. The average Bonchev–Trinajstić information content (AvgIpc) is 2.60. The highest BCUT2D eigenvalue weighted by atomic mass is 19.1. The van der Waals surface area contributed by atoms with E-state index in [4.69, 9.17) is 0 Å². The van der Waals surface area contributed by atoms with E-state index in [9.17, 15) is 4.39 Å². The molecule has 2 heteroatoms. The summed E-state index contributed by atoms with van der Waals surface area (Å²) in [5.74, 6) is 11.7. The molecule has 26 heavy (non-hydrogen) atoms. The lowest BCUT2D eigenvalue weighted by atomic mass is 9.98. The Labute approximate surface area is 156 Å². The summed E-state index contributed by atoms with van der Waals surface area (Å²) in [6.07, 6.45) is 3.94. The van der Waals surface area contributed by atoms with E-state index in [1.807, 2.05) is 18.2 Å². The number of alkyl halides is 1. The second-order valence-electron chi connectivity index (χ2n) is 7.22. The Balaban J connectivity index is 2.13. The molecule has 0 spiro atoms. The van der Waals surface area contributed by atoms with Gasteiger partial charge in [-0.2, -0.15) is 0 Å². The topological polar surface area (TPSA) is 3.24 Å². The summed E-state index contributed by atoms with van der Waals surface area (Å²) >= 11 is 0. The highest BCUT2D eigenvalue weighted by molar-refractivity contribution is 5.85. The van der Waals surface area contributed by atoms with Crippen LogP contribution in [0.5, 0.6) is 0 Å². The molecule has 0 heterocycles. The standard InChI is InChI=1S/C24H26FN/c1-24(2,3)16-7-4-9-18-26(19-10-8-17-25)20-22-14-11-13-21-12-5-6-15-23(21)22/h4-6,9,11-15H,17-20H2,1-3H3/b9-4+. The zero-order chi connectivity index (χ0) is 18.8. The molecule has 0 aliphatic rings. The first-order valence-corrected chi connectivity index (χ1v) is 8.88. The number of halogens is 1. The monoisotopic (exact) mass is 347 g/mol. The number of rotatable bonds is 5. The van der Waals surface area contributed by atoms with Crippen molar-refractivity contribution in [3.8, 4) is 23.7 Å². The third-order valence-electron chi connectivity index (χ3n) is 3.78. The van der Waals surface area contributed by atoms with Gasteiger partial charge >= 0.3 is 0 Å². The van der Waals surface area contributed by atoms with Gasteiger partial charge in [0.1, 0.15) is 6.67 Å². The number of allylic oxidation sites excluding steroid dienone is 1. The van der Waals surface area contributed by atoms with Crippen molar-refractivity contribution in [3.63, 3.8) is 0 Å². The Hall–Kier alpha value is -2.55. The molecule has 0 saturated carbocycles. The lowest BCUT2D eigenvalue weighted by Crippen LogP contribution is -2.24. The fraction of sp³-hybridized carbons (Fsp3) is 0.333. The molecular weight excluding hydrogens is 321 g/mol. The van der Waals surface area contributed by atoms with Gasteiger partial charge in [-0.25, -0.2) is 4.39 Å². The predicted molar refractivity (Wildman–Crippen MR) is 109 cm³/mol. The van der Waals surface area contributed by atoms with Crippen LogP contribution < -0.4 is 0 Å². The van der Waals surface area contributed by atoms with Crippen molar-refractivity contribution in [3.05, 3.63) is 60.2 Å². The number of hydrogen-bond donors (Lipinski definition) is 0. The number of fused-ring (bicyclic) bond motifs is 1. The molecule has 0 bridgehead atoms. The highest BCUT2D eigenvalue weighted by Gasteiger charge is 2.06. The Morgan fingerprint density at radius 1 is 1.04 bits per heavy atom. The number of nitrogens with zero attached hydrogens (tertiary/aromatic N) is 1. The van der Waals surface area contributed by atoms with E-state index in [1.54, 1.807) is 0 Å². The van der Waals surface area contributed by atoms with E-state index in [2.05, 4.69) is 85.8 Å². The maximum atomic E-state index is 12.3. The van der Waals surface area contributed by atoms with E-state index in [0.717, 1.165) is 13.1 Å². The SMILES string of the molecule is CC(C)(C)C#C/C=C/CN(CC#CCF)Cc1cccc2ccccc12. The van der Waals surface area contributed by atoms with E-state index in [-0.39, 0.29) is 5.41 Å². The van der Waals surface area contributed by atoms with Crippen molar-refractivity contribution in [1.82, 2.24) is 4.90 Å². The smallest absolute Gasteiger partial charge is 0.150 e. The Morgan fingerprint density at radius 3 is 2.58 bits per heavy atom. The molecule has 0 aliphatic carbocycles. The largest absolute Gasteiger partial charge is 0.284 e. The van der Waals surface area contributed by atoms with Crippen LogP contribution in [0.4, 0.5) is 4.39 Å². The third kappa shape index (κ3) is 6.75. The van der Waals surface area contributed by atoms with Crippen LogP contribution in [0.15, 0.2) is 54.6 Å². The summed E-state index contributed by atoms with van der Waals surface area (Å²) in [5, 5.41) is 2.47. The quantitative estimate of drug-likeness (QED) is 0.670. The molecule has 0 saturated heterocycles. The van der Waals surface area contributed by atoms with Gasteiger partial charge in [-0.3, -0.25) is 4.90 Å². The van der Waals surface area contributed by atoms with Crippen molar-refractivity contribution in [2.24, 2.45) is 5.41 Å². The minimum absolute atomic E-state index is 0.000414. The van der Waals surface area contributed by atoms with Crippen LogP contribution in [0, 0.1) is 29.1 Å². The zero-order valence-electron chi connectivity index (χ0n) is 15.8. The molecule has 2 rings (SSSR count). The van der Waals surface area contributed by atoms with Crippen molar-refractivity contribution >= 4 is 10.8 Å². The van der Waals surface area contributed by atoms with Crippen LogP contribution in [-0.2, 0) is 6.54 Å². The van der Waals surface area contributed by atoms with Gasteiger partial charge < -0.3 is 0 Å². The average molecular weight is 347 g/mol. The Kier molecular flexibility index (Phi) is 7.46. The maximum absolute atomic E-state index is 12.3. The summed E-state index contributed by atoms with van der Waals surface area (Å²) in [6, 6.07) is 14.7. The van der Waals surface area contributed by atoms with Crippen molar-refractivity contribution in [2.45, 2.75) is 27.3 Å². The number of hydrogen-bond acceptors (Lipinski definition) is 1. The van der Waals surface area contributed by atoms with Crippen molar-refractivity contribution in [1.29, 1.82) is 0 Å². The lowest BCUT2D eigenvalue weighted by Gasteiger charge is -2.19. The molecule has 2 aromatic carbocycles. The summed E-state index contributed by atoms with van der Waals surface area (Å²) in [5.41, 5.74) is 1.25. The maximum Gasteiger partial charge on any atom is 0.150 e. The van der Waals surface area contributed by atoms with Gasteiger partial charge in [0.2, 0.25) is 0 Å². The molecule has 0 N–H and O–H groups in total. The third-order valence-corrected chi connectivity index (χ3v) is 3.78. The second kappa shape index (κ2) is 9.81. The predicted octanol–water partition coefficient (Wildman–Crippen LogP) is 5.22. The van der Waals surface area contributed by atoms with Gasteiger partial charge in [0, 0.05) is 18.5 Å². The molecule has 0 fully saturated rings. The molecule has 134 valence electrons. The molecule has 0 radical (unpaired) electrons. The Bertz CT molecular complexity index is 861. The van der Waals surface area contributed by atoms with Gasteiger partial charge in [0.15, 0.2) is 0 Å². The fourth-order valence-corrected chi connectivity index (χ4v) is 2.59. The lowest BCUT2D eigenvalue weighted by molar-refractivity contribution is 0.333. The molecule has 1 nitrogen and oxygen atoms in total. The first-order valence-electron chi connectivity index (χ1n) is 8.88. The van der Waals surface area contributed by atoms with Crippen LogP contribution in [0.3, 0.4) is 0 Å². The van der Waals surface area contributed by atoms with Crippen LogP contribution in [-0.4, -0.2) is 24.7 Å². The van der Waals surface area contributed by atoms with E-state index in [0.29, 0.717) is 6.54 Å². The van der Waals surface area contributed by atoms with E-state index in [1.165, 1.54) is 16.3 Å². The minimum atomic E-state index is -0.602. The van der Waals surface area contributed by atoms with Gasteiger partial charge in [0.25, 0.3) is 0 Å². The van der Waals surface area contributed by atoms with Gasteiger partial charge in [-0.1, -0.05) is 72.2 Å². The van der Waals surface area contributed by atoms with Gasteiger partial charge in [-0.15, -0.1) is 0 Å². The summed E-state index contributed by atoms with van der Waals surface area (Å²) in [6.45, 7) is 7.69. The molecule has 0 aromatic heterocycles. The summed E-state index contributed by atoms with van der Waals surface area (Å²) in [4.78, 5) is 2.19. The first-order chi connectivity index (χ1) is 12.5. The molecule has 0 atom stereocenters. The van der Waals surface area contributed by atoms with E-state index < -0.39 is 6.67 Å². The van der Waals surface area contributed by atoms with Gasteiger partial charge in [0.05, 0.1) is 6.54 Å². The molecule has 0 aliphatic heterocycles. The Morgan fingerprint density at radius 2 is 1.81 bits per heavy atom. The van der Waals surface area contributed by atoms with Crippen LogP contribution in [0.2, 0.25) is 0 Å². The van der Waals surface area contributed by atoms with Crippen LogP contribution in [0.25, 0.3) is 10.8 Å². The second-order valence-corrected chi connectivity index (χ2v) is 7.22. The number of benzene rings is 2. The van der Waals surface area contributed by atoms with Crippen LogP contribution >= 0.6 is 0 Å². The first kappa shape index (κ1) is 19.8. The zero-order valence-corrected chi connectivity index (χ0v) is 15.8. The molecular formula is C24H26FN. The van der Waals surface area contributed by atoms with Gasteiger partial charge in [-0.05, 0) is 43.2 Å². The summed E-state index contributed by atoms with van der Waals surface area (Å²) < 4.78 is 12.3. The van der Waals surface area contributed by atoms with E-state index >= 15 is 0 Å². The highest BCUT2D eigenvalue weighted by Crippen LogP contribution is 2.20. The van der Waals surface area contributed by atoms with Crippen molar-refractivity contribution in [2.75, 3.05) is 19.8 Å². The van der Waals surface area contributed by atoms with Crippen molar-refractivity contribution < 1.29 is 4.39 Å². The fourth-order valence-electron chi connectivity index (χ4n) is 2.59. The molecule has 0 unspecified atom stereocenters. The molecule has 0 amide bonds. The van der Waals surface area contributed by atoms with Crippen LogP contribution in [0.1, 0.15) is 26.3 Å². The summed E-state index contributed by atoms with van der Waals surface area (Å²) in [7, 11) is 0. The molecule has 2 aromatic rings. The normalized spacial score (nSPS) is 11.3.